The van der Waals surface area contributed by atoms with Crippen molar-refractivity contribution < 1.29 is 9.47 Å². The van der Waals surface area contributed by atoms with Crippen LogP contribution in [0.4, 0.5) is 5.95 Å². The van der Waals surface area contributed by atoms with E-state index >= 15 is 0 Å². The van der Waals surface area contributed by atoms with Gasteiger partial charge in [-0.05, 0) is 53.6 Å². The van der Waals surface area contributed by atoms with Crippen molar-refractivity contribution in [3.63, 3.8) is 0 Å². The summed E-state index contributed by atoms with van der Waals surface area (Å²) in [5.74, 6) is 1.79. The molecule has 0 aliphatic heterocycles. The second kappa shape index (κ2) is 9.07. The number of aromatic amines is 1. The minimum atomic E-state index is 0.342. The molecule has 3 aromatic carbocycles. The van der Waals surface area contributed by atoms with Crippen molar-refractivity contribution in [3.8, 4) is 11.5 Å². The summed E-state index contributed by atoms with van der Waals surface area (Å²) in [5.41, 5.74) is 6.47. The number of fused-ring (bicyclic) bond motifs is 1. The lowest BCUT2D eigenvalue weighted by molar-refractivity contribution is 0.284. The molecular formula is C22H18Cl2N4O2. The molecule has 6 nitrogen and oxygen atoms in total. The summed E-state index contributed by atoms with van der Waals surface area (Å²) in [5, 5.41) is 5.24. The van der Waals surface area contributed by atoms with E-state index in [4.69, 9.17) is 32.7 Å². The molecule has 0 amide bonds. The number of para-hydroxylation sites is 2. The topological polar surface area (TPSA) is 71.5 Å². The van der Waals surface area contributed by atoms with Crippen molar-refractivity contribution in [3.05, 3.63) is 81.8 Å². The van der Waals surface area contributed by atoms with Gasteiger partial charge in [-0.1, -0.05) is 41.4 Å². The first-order valence-corrected chi connectivity index (χ1v) is 9.86. The van der Waals surface area contributed by atoms with Crippen LogP contribution in [0.15, 0.2) is 65.8 Å². The molecule has 0 aliphatic rings. The van der Waals surface area contributed by atoms with Crippen molar-refractivity contribution in [2.24, 2.45) is 5.10 Å². The number of hydrazone groups is 1. The van der Waals surface area contributed by atoms with Gasteiger partial charge < -0.3 is 14.5 Å². The molecular weight excluding hydrogens is 423 g/mol. The van der Waals surface area contributed by atoms with E-state index in [-0.39, 0.29) is 0 Å². The molecule has 0 aliphatic carbocycles. The second-order valence-corrected chi connectivity index (χ2v) is 7.23. The van der Waals surface area contributed by atoms with Crippen LogP contribution in [0.25, 0.3) is 11.0 Å². The Balaban J connectivity index is 1.42. The number of anilines is 1. The normalized spacial score (nSPS) is 11.2. The van der Waals surface area contributed by atoms with Crippen LogP contribution in [0.1, 0.15) is 11.1 Å². The Labute approximate surface area is 183 Å². The average Bonchev–Trinajstić information content (AvgIpc) is 3.18. The Hall–Kier alpha value is -3.22. The zero-order valence-electron chi connectivity index (χ0n) is 16.0. The molecule has 1 heterocycles. The maximum atomic E-state index is 6.05. The highest BCUT2D eigenvalue weighted by molar-refractivity contribution is 6.42. The second-order valence-electron chi connectivity index (χ2n) is 6.42. The molecule has 4 rings (SSSR count). The molecule has 0 spiro atoms. The molecule has 0 unspecified atom stereocenters. The number of aromatic nitrogens is 2. The van der Waals surface area contributed by atoms with Gasteiger partial charge in [-0.3, -0.25) is 0 Å². The Bertz CT molecular complexity index is 1170. The lowest BCUT2D eigenvalue weighted by Crippen LogP contribution is -1.99. The molecule has 0 atom stereocenters. The van der Waals surface area contributed by atoms with Crippen LogP contribution >= 0.6 is 23.2 Å². The van der Waals surface area contributed by atoms with Gasteiger partial charge in [-0.15, -0.1) is 0 Å². The van der Waals surface area contributed by atoms with Gasteiger partial charge in [-0.25, -0.2) is 10.4 Å². The highest BCUT2D eigenvalue weighted by atomic mass is 35.5. The molecule has 0 fully saturated rings. The van der Waals surface area contributed by atoms with E-state index in [9.17, 15) is 0 Å². The summed E-state index contributed by atoms with van der Waals surface area (Å²) in [6, 6.07) is 18.7. The summed E-state index contributed by atoms with van der Waals surface area (Å²) in [7, 11) is 1.59. The first kappa shape index (κ1) is 20.1. The minimum absolute atomic E-state index is 0.342. The Morgan fingerprint density at radius 2 is 1.90 bits per heavy atom. The first-order chi connectivity index (χ1) is 14.6. The fourth-order valence-electron chi connectivity index (χ4n) is 2.85. The van der Waals surface area contributed by atoms with Crippen LogP contribution in [-0.2, 0) is 6.61 Å². The summed E-state index contributed by atoms with van der Waals surface area (Å²) < 4.78 is 11.3. The number of nitrogens with zero attached hydrogens (tertiary/aromatic N) is 2. The highest BCUT2D eigenvalue weighted by Gasteiger charge is 2.07. The quantitative estimate of drug-likeness (QED) is 0.277. The number of methoxy groups -OCH3 is 1. The molecule has 30 heavy (non-hydrogen) atoms. The third-order valence-corrected chi connectivity index (χ3v) is 5.08. The van der Waals surface area contributed by atoms with E-state index in [0.29, 0.717) is 34.1 Å². The summed E-state index contributed by atoms with van der Waals surface area (Å²) >= 11 is 12.0. The van der Waals surface area contributed by atoms with Crippen LogP contribution in [0.5, 0.6) is 11.5 Å². The minimum Gasteiger partial charge on any atom is -0.493 e. The van der Waals surface area contributed by atoms with E-state index in [1.807, 2.05) is 48.5 Å². The van der Waals surface area contributed by atoms with Crippen LogP contribution in [0.3, 0.4) is 0 Å². The molecule has 2 N–H and O–H groups in total. The van der Waals surface area contributed by atoms with Crippen LogP contribution < -0.4 is 14.9 Å². The van der Waals surface area contributed by atoms with Crippen LogP contribution in [0, 0.1) is 0 Å². The summed E-state index contributed by atoms with van der Waals surface area (Å²) in [4.78, 5) is 7.57. The molecule has 8 heteroatoms. The number of hydrogen-bond donors (Lipinski definition) is 2. The predicted molar refractivity (Wildman–Crippen MR) is 121 cm³/mol. The predicted octanol–water partition coefficient (Wildman–Crippen LogP) is 5.90. The van der Waals surface area contributed by atoms with E-state index in [1.165, 1.54) is 0 Å². The molecule has 152 valence electrons. The number of nitrogens with one attached hydrogen (secondary N) is 2. The lowest BCUT2D eigenvalue weighted by atomic mass is 10.2. The molecule has 0 radical (unpaired) electrons. The summed E-state index contributed by atoms with van der Waals surface area (Å²) in [6.07, 6.45) is 1.68. The maximum absolute atomic E-state index is 6.05. The lowest BCUT2D eigenvalue weighted by Gasteiger charge is -2.11. The van der Waals surface area contributed by atoms with Crippen molar-refractivity contribution in [2.75, 3.05) is 12.5 Å². The fraction of sp³-hybridized carbons (Fsp3) is 0.0909. The summed E-state index contributed by atoms with van der Waals surface area (Å²) in [6.45, 7) is 0.342. The smallest absolute Gasteiger partial charge is 0.222 e. The van der Waals surface area contributed by atoms with Crippen molar-refractivity contribution in [1.29, 1.82) is 0 Å². The first-order valence-electron chi connectivity index (χ1n) is 9.11. The number of imidazole rings is 1. The number of benzene rings is 3. The Kier molecular flexibility index (Phi) is 6.07. The van der Waals surface area contributed by atoms with Crippen molar-refractivity contribution in [1.82, 2.24) is 9.97 Å². The Morgan fingerprint density at radius 3 is 2.70 bits per heavy atom. The van der Waals surface area contributed by atoms with Crippen LogP contribution in [-0.4, -0.2) is 23.3 Å². The number of rotatable bonds is 7. The molecule has 1 aromatic heterocycles. The monoisotopic (exact) mass is 440 g/mol. The van der Waals surface area contributed by atoms with Gasteiger partial charge in [0.1, 0.15) is 6.61 Å². The number of halogens is 2. The third-order valence-electron chi connectivity index (χ3n) is 4.34. The molecule has 0 saturated carbocycles. The van der Waals surface area contributed by atoms with E-state index in [0.717, 1.165) is 22.2 Å². The van der Waals surface area contributed by atoms with Gasteiger partial charge in [-0.2, -0.15) is 5.10 Å². The molecule has 0 bridgehead atoms. The molecule has 4 aromatic rings. The average molecular weight is 441 g/mol. The Morgan fingerprint density at radius 1 is 1.03 bits per heavy atom. The molecule has 0 saturated heterocycles. The van der Waals surface area contributed by atoms with Gasteiger partial charge in [0.25, 0.3) is 0 Å². The van der Waals surface area contributed by atoms with Gasteiger partial charge in [0.05, 0.1) is 34.4 Å². The van der Waals surface area contributed by atoms with Gasteiger partial charge in [0.2, 0.25) is 5.95 Å². The maximum Gasteiger partial charge on any atom is 0.222 e. The third kappa shape index (κ3) is 4.67. The van der Waals surface area contributed by atoms with Gasteiger partial charge in [0.15, 0.2) is 11.5 Å². The van der Waals surface area contributed by atoms with E-state index < -0.39 is 0 Å². The number of hydrogen-bond acceptors (Lipinski definition) is 5. The van der Waals surface area contributed by atoms with Crippen molar-refractivity contribution >= 4 is 46.4 Å². The standard InChI is InChI=1S/C22H18Cl2N4O2/c1-29-21-11-14(12-25-28-22-26-18-4-2-3-5-19(18)27-22)7-9-20(21)30-13-15-6-8-16(23)17(24)10-15/h2-12H,13H2,1H3,(H2,26,27,28)/b25-12-. The van der Waals surface area contributed by atoms with Crippen molar-refractivity contribution in [2.45, 2.75) is 6.61 Å². The van der Waals surface area contributed by atoms with E-state index in [2.05, 4.69) is 20.5 Å². The zero-order chi connectivity index (χ0) is 20.9. The largest absolute Gasteiger partial charge is 0.493 e. The van der Waals surface area contributed by atoms with Crippen LogP contribution in [0.2, 0.25) is 10.0 Å². The zero-order valence-corrected chi connectivity index (χ0v) is 17.5. The number of H-pyrrole nitrogens is 1. The SMILES string of the molecule is COc1cc(/C=N\Nc2nc3ccccc3[nH]2)ccc1OCc1ccc(Cl)c(Cl)c1. The number of ether oxygens (including phenoxy) is 2. The fourth-order valence-corrected chi connectivity index (χ4v) is 3.17. The van der Waals surface area contributed by atoms with Gasteiger partial charge >= 0.3 is 0 Å². The van der Waals surface area contributed by atoms with Gasteiger partial charge in [0, 0.05) is 0 Å². The van der Waals surface area contributed by atoms with E-state index in [1.54, 1.807) is 25.5 Å². The highest BCUT2D eigenvalue weighted by Crippen LogP contribution is 2.29.